The molecule has 1 aromatic heterocycles. The Morgan fingerprint density at radius 1 is 1.10 bits per heavy atom. The van der Waals surface area contributed by atoms with E-state index in [0.717, 1.165) is 31.8 Å². The maximum atomic E-state index is 10.2. The fraction of sp³-hybridized carbons (Fsp3) is 0.706. The van der Waals surface area contributed by atoms with Crippen molar-refractivity contribution < 1.29 is 5.11 Å². The van der Waals surface area contributed by atoms with E-state index in [1.165, 1.54) is 37.8 Å². The van der Waals surface area contributed by atoms with E-state index in [-0.39, 0.29) is 6.10 Å². The van der Waals surface area contributed by atoms with Gasteiger partial charge >= 0.3 is 0 Å². The minimum absolute atomic E-state index is 0.0870. The second-order valence-corrected chi connectivity index (χ2v) is 6.42. The summed E-state index contributed by atoms with van der Waals surface area (Å²) in [4.78, 5) is 6.98. The summed E-state index contributed by atoms with van der Waals surface area (Å²) in [5.74, 6) is 0.766. The Bertz CT molecular complexity index is 401. The molecule has 0 spiro atoms. The summed E-state index contributed by atoms with van der Waals surface area (Å²) in [5.41, 5.74) is 1.23. The van der Waals surface area contributed by atoms with E-state index in [1.807, 2.05) is 12.3 Å². The average molecular weight is 274 g/mol. The lowest BCUT2D eigenvalue weighted by molar-refractivity contribution is 0.00400. The van der Waals surface area contributed by atoms with Crippen LogP contribution in [0.1, 0.15) is 44.2 Å². The van der Waals surface area contributed by atoms with E-state index < -0.39 is 0 Å². The number of likely N-dealkylation sites (tertiary alicyclic amines) is 1. The summed E-state index contributed by atoms with van der Waals surface area (Å²) in [6, 6.07) is 6.63. The number of hydrogen-bond acceptors (Lipinski definition) is 3. The summed E-state index contributed by atoms with van der Waals surface area (Å²) in [6.07, 6.45) is 10.1. The summed E-state index contributed by atoms with van der Waals surface area (Å²) in [5, 5.41) is 10.2. The zero-order valence-electron chi connectivity index (χ0n) is 12.2. The smallest absolute Gasteiger partial charge is 0.0695 e. The molecule has 2 aliphatic rings. The van der Waals surface area contributed by atoms with Crippen molar-refractivity contribution >= 4 is 0 Å². The minimum atomic E-state index is -0.0870. The van der Waals surface area contributed by atoms with Crippen LogP contribution in [0.5, 0.6) is 0 Å². The lowest BCUT2D eigenvalue weighted by Crippen LogP contribution is -2.49. The van der Waals surface area contributed by atoms with Crippen LogP contribution in [0.25, 0.3) is 0 Å². The molecule has 110 valence electrons. The van der Waals surface area contributed by atoms with Gasteiger partial charge in [0.25, 0.3) is 0 Å². The van der Waals surface area contributed by atoms with Crippen LogP contribution < -0.4 is 0 Å². The third-order valence-electron chi connectivity index (χ3n) is 5.04. The molecule has 1 saturated carbocycles. The van der Waals surface area contributed by atoms with Crippen LogP contribution in [0, 0.1) is 5.92 Å². The van der Waals surface area contributed by atoms with Crippen molar-refractivity contribution in [3.63, 3.8) is 0 Å². The van der Waals surface area contributed by atoms with Gasteiger partial charge in [0.2, 0.25) is 0 Å². The maximum Gasteiger partial charge on any atom is 0.0695 e. The molecular formula is C17H26N2O. The highest BCUT2D eigenvalue weighted by Gasteiger charge is 2.31. The van der Waals surface area contributed by atoms with Crippen molar-refractivity contribution in [1.29, 1.82) is 0 Å². The number of piperidine rings is 1. The van der Waals surface area contributed by atoms with Gasteiger partial charge < -0.3 is 5.11 Å². The van der Waals surface area contributed by atoms with E-state index in [1.54, 1.807) is 0 Å². The van der Waals surface area contributed by atoms with Crippen molar-refractivity contribution in [2.24, 2.45) is 5.92 Å². The van der Waals surface area contributed by atoms with Crippen LogP contribution in [0.15, 0.2) is 24.4 Å². The quantitative estimate of drug-likeness (QED) is 0.920. The first kappa shape index (κ1) is 14.0. The molecule has 1 saturated heterocycles. The lowest BCUT2D eigenvalue weighted by atomic mass is 9.87. The predicted molar refractivity (Wildman–Crippen MR) is 80.5 cm³/mol. The monoisotopic (exact) mass is 274 g/mol. The van der Waals surface area contributed by atoms with E-state index >= 15 is 0 Å². The average Bonchev–Trinajstić information content (AvgIpc) is 2.50. The largest absolute Gasteiger partial charge is 0.391 e. The SMILES string of the molecule is O[C@@H]1CCCC[C@H]1N1CCC(Cc2ccccn2)CC1. The molecule has 2 fully saturated rings. The molecule has 3 heteroatoms. The summed E-state index contributed by atoms with van der Waals surface area (Å²) >= 11 is 0. The Labute approximate surface area is 122 Å². The maximum absolute atomic E-state index is 10.2. The number of aliphatic hydroxyl groups is 1. The van der Waals surface area contributed by atoms with E-state index in [0.29, 0.717) is 6.04 Å². The topological polar surface area (TPSA) is 36.4 Å². The molecule has 3 nitrogen and oxygen atoms in total. The molecule has 1 aromatic rings. The van der Waals surface area contributed by atoms with E-state index in [2.05, 4.69) is 22.0 Å². The number of hydrogen-bond donors (Lipinski definition) is 1. The van der Waals surface area contributed by atoms with Crippen LogP contribution in [0.2, 0.25) is 0 Å². The summed E-state index contributed by atoms with van der Waals surface area (Å²) < 4.78 is 0. The Hall–Kier alpha value is -0.930. The standard InChI is InChI=1S/C17H26N2O/c20-17-7-2-1-6-16(17)19-11-8-14(9-12-19)13-15-5-3-4-10-18-15/h3-5,10,14,16-17,20H,1-2,6-9,11-13H2/t16-,17-/m1/s1. The summed E-state index contributed by atoms with van der Waals surface area (Å²) in [6.45, 7) is 2.30. The molecule has 2 heterocycles. The van der Waals surface area contributed by atoms with Crippen LogP contribution in [0.3, 0.4) is 0 Å². The van der Waals surface area contributed by atoms with Crippen LogP contribution in [-0.4, -0.2) is 40.2 Å². The zero-order valence-corrected chi connectivity index (χ0v) is 12.2. The molecule has 1 N–H and O–H groups in total. The Morgan fingerprint density at radius 3 is 2.60 bits per heavy atom. The van der Waals surface area contributed by atoms with Gasteiger partial charge in [-0.3, -0.25) is 9.88 Å². The molecule has 3 rings (SSSR count). The van der Waals surface area contributed by atoms with Gasteiger partial charge in [-0.05, 0) is 63.2 Å². The van der Waals surface area contributed by atoms with E-state index in [9.17, 15) is 5.11 Å². The number of nitrogens with zero attached hydrogens (tertiary/aromatic N) is 2. The van der Waals surface area contributed by atoms with Gasteiger partial charge in [0.05, 0.1) is 6.10 Å². The first-order valence-electron chi connectivity index (χ1n) is 8.15. The highest BCUT2D eigenvalue weighted by molar-refractivity contribution is 5.04. The number of pyridine rings is 1. The highest BCUT2D eigenvalue weighted by Crippen LogP contribution is 2.28. The lowest BCUT2D eigenvalue weighted by Gasteiger charge is -2.41. The van der Waals surface area contributed by atoms with Gasteiger partial charge in [0, 0.05) is 17.9 Å². The van der Waals surface area contributed by atoms with Gasteiger partial charge in [0.1, 0.15) is 0 Å². The molecule has 0 unspecified atom stereocenters. The normalized spacial score (nSPS) is 29.4. The van der Waals surface area contributed by atoms with Crippen LogP contribution in [-0.2, 0) is 6.42 Å². The Balaban J connectivity index is 1.49. The molecule has 0 amide bonds. The van der Waals surface area contributed by atoms with Gasteiger partial charge in [-0.2, -0.15) is 0 Å². The minimum Gasteiger partial charge on any atom is -0.391 e. The molecule has 20 heavy (non-hydrogen) atoms. The Kier molecular flexibility index (Phi) is 4.69. The fourth-order valence-corrected chi connectivity index (χ4v) is 3.82. The van der Waals surface area contributed by atoms with Crippen LogP contribution >= 0.6 is 0 Å². The Morgan fingerprint density at radius 2 is 1.90 bits per heavy atom. The fourth-order valence-electron chi connectivity index (χ4n) is 3.82. The molecule has 2 atom stereocenters. The van der Waals surface area contributed by atoms with Crippen molar-refractivity contribution in [1.82, 2.24) is 9.88 Å². The molecule has 1 aliphatic heterocycles. The third kappa shape index (κ3) is 3.39. The molecule has 0 aromatic carbocycles. The molecular weight excluding hydrogens is 248 g/mol. The van der Waals surface area contributed by atoms with Crippen LogP contribution in [0.4, 0.5) is 0 Å². The number of aliphatic hydroxyl groups excluding tert-OH is 1. The summed E-state index contributed by atoms with van der Waals surface area (Å²) in [7, 11) is 0. The highest BCUT2D eigenvalue weighted by atomic mass is 16.3. The number of rotatable bonds is 3. The second-order valence-electron chi connectivity index (χ2n) is 6.42. The zero-order chi connectivity index (χ0) is 13.8. The first-order valence-corrected chi connectivity index (χ1v) is 8.15. The van der Waals surface area contributed by atoms with Crippen molar-refractivity contribution in [3.8, 4) is 0 Å². The number of aromatic nitrogens is 1. The van der Waals surface area contributed by atoms with Crippen molar-refractivity contribution in [2.45, 2.75) is 57.1 Å². The van der Waals surface area contributed by atoms with Gasteiger partial charge in [-0.15, -0.1) is 0 Å². The van der Waals surface area contributed by atoms with Gasteiger partial charge in [-0.25, -0.2) is 0 Å². The van der Waals surface area contributed by atoms with Gasteiger partial charge in [0.15, 0.2) is 0 Å². The second kappa shape index (κ2) is 6.68. The molecule has 1 aliphatic carbocycles. The first-order chi connectivity index (χ1) is 9.83. The molecule has 0 bridgehead atoms. The van der Waals surface area contributed by atoms with Crippen molar-refractivity contribution in [2.75, 3.05) is 13.1 Å². The predicted octanol–water partition coefficient (Wildman–Crippen LogP) is 2.64. The molecule has 0 radical (unpaired) electrons. The van der Waals surface area contributed by atoms with Crippen molar-refractivity contribution in [3.05, 3.63) is 30.1 Å². The van der Waals surface area contributed by atoms with Gasteiger partial charge in [-0.1, -0.05) is 18.9 Å². The third-order valence-corrected chi connectivity index (χ3v) is 5.04. The van der Waals surface area contributed by atoms with E-state index in [4.69, 9.17) is 0 Å².